The quantitative estimate of drug-likeness (QED) is 0.864. The van der Waals surface area contributed by atoms with Gasteiger partial charge in [-0.2, -0.15) is 0 Å². The zero-order chi connectivity index (χ0) is 12.5. The predicted octanol–water partition coefficient (Wildman–Crippen LogP) is 2.74. The van der Waals surface area contributed by atoms with Gasteiger partial charge in [-0.05, 0) is 12.5 Å². The molecule has 1 saturated heterocycles. The molecule has 1 aliphatic heterocycles. The molecule has 2 atom stereocenters. The number of ether oxygens (including phenoxy) is 1. The maximum absolute atomic E-state index is 13.7. The molecule has 0 amide bonds. The normalized spacial score (nSPS) is 29.3. The fourth-order valence-electron chi connectivity index (χ4n) is 2.31. The fourth-order valence-corrected chi connectivity index (χ4v) is 2.31. The molecule has 1 aromatic carbocycles. The van der Waals surface area contributed by atoms with Crippen molar-refractivity contribution in [2.75, 3.05) is 6.61 Å². The minimum absolute atomic E-state index is 0.0711. The van der Waals surface area contributed by atoms with Crippen LogP contribution in [0.1, 0.15) is 31.7 Å². The van der Waals surface area contributed by atoms with Gasteiger partial charge in [-0.1, -0.05) is 13.0 Å². The van der Waals surface area contributed by atoms with Crippen LogP contribution >= 0.6 is 0 Å². The monoisotopic (exact) mass is 242 g/mol. The Morgan fingerprint density at radius 1 is 1.47 bits per heavy atom. The van der Waals surface area contributed by atoms with Crippen LogP contribution in [0, 0.1) is 11.6 Å². The molecule has 0 aliphatic carbocycles. The van der Waals surface area contributed by atoms with Crippen molar-refractivity contribution >= 4 is 0 Å². The van der Waals surface area contributed by atoms with Crippen molar-refractivity contribution in [3.8, 4) is 0 Å². The van der Waals surface area contributed by atoms with E-state index in [1.165, 1.54) is 12.1 Å². The van der Waals surface area contributed by atoms with Gasteiger partial charge in [0.1, 0.15) is 11.6 Å². The number of benzene rings is 1. The van der Waals surface area contributed by atoms with Gasteiger partial charge < -0.3 is 9.84 Å². The summed E-state index contributed by atoms with van der Waals surface area (Å²) in [6, 6.07) is 3.30. The molecule has 1 N–H and O–H groups in total. The molecule has 17 heavy (non-hydrogen) atoms. The van der Waals surface area contributed by atoms with E-state index in [2.05, 4.69) is 0 Å². The molecule has 0 aromatic heterocycles. The molecule has 2 unspecified atom stereocenters. The third-order valence-electron chi connectivity index (χ3n) is 3.32. The zero-order valence-electron chi connectivity index (χ0n) is 9.75. The van der Waals surface area contributed by atoms with Crippen molar-refractivity contribution < 1.29 is 18.6 Å². The molecule has 94 valence electrons. The summed E-state index contributed by atoms with van der Waals surface area (Å²) in [6.45, 7) is 2.35. The summed E-state index contributed by atoms with van der Waals surface area (Å²) in [5.41, 5.74) is -1.07. The summed E-state index contributed by atoms with van der Waals surface area (Å²) >= 11 is 0. The van der Waals surface area contributed by atoms with E-state index in [1.807, 2.05) is 6.92 Å². The molecule has 0 spiro atoms. The van der Waals surface area contributed by atoms with Crippen LogP contribution in [-0.4, -0.2) is 17.8 Å². The number of hydrogen-bond acceptors (Lipinski definition) is 2. The lowest BCUT2D eigenvalue weighted by atomic mass is 9.83. The standard InChI is InChI=1S/C13H16F2O2/c1-2-10-8-13(16,5-6-17-10)11-4-3-9(14)7-12(11)15/h3-4,7,10,16H,2,5-6,8H2,1H3. The largest absolute Gasteiger partial charge is 0.385 e. The van der Waals surface area contributed by atoms with Gasteiger partial charge in [0.25, 0.3) is 0 Å². The van der Waals surface area contributed by atoms with Crippen molar-refractivity contribution in [1.29, 1.82) is 0 Å². The first-order valence-electron chi connectivity index (χ1n) is 5.84. The first kappa shape index (κ1) is 12.5. The molecule has 0 radical (unpaired) electrons. The number of hydrogen-bond donors (Lipinski definition) is 1. The van der Waals surface area contributed by atoms with Gasteiger partial charge in [0.05, 0.1) is 18.3 Å². The number of halogens is 2. The Morgan fingerprint density at radius 2 is 2.24 bits per heavy atom. The highest BCUT2D eigenvalue weighted by atomic mass is 19.1. The average Bonchev–Trinajstić information content (AvgIpc) is 2.28. The maximum atomic E-state index is 13.7. The molecule has 4 heteroatoms. The van der Waals surface area contributed by atoms with Crippen molar-refractivity contribution in [2.45, 2.75) is 37.9 Å². The van der Waals surface area contributed by atoms with E-state index < -0.39 is 17.2 Å². The topological polar surface area (TPSA) is 29.5 Å². The minimum Gasteiger partial charge on any atom is -0.385 e. The maximum Gasteiger partial charge on any atom is 0.132 e. The Kier molecular flexibility index (Phi) is 3.45. The highest BCUT2D eigenvalue weighted by Gasteiger charge is 2.37. The van der Waals surface area contributed by atoms with Crippen LogP contribution in [0.3, 0.4) is 0 Å². The minimum atomic E-state index is -1.24. The van der Waals surface area contributed by atoms with Crippen molar-refractivity contribution in [3.63, 3.8) is 0 Å². The van der Waals surface area contributed by atoms with Gasteiger partial charge in [0.15, 0.2) is 0 Å². The number of rotatable bonds is 2. The van der Waals surface area contributed by atoms with E-state index in [-0.39, 0.29) is 11.7 Å². The third kappa shape index (κ3) is 2.48. The van der Waals surface area contributed by atoms with Gasteiger partial charge in [-0.3, -0.25) is 0 Å². The molecule has 1 fully saturated rings. The molecular formula is C13H16F2O2. The lowest BCUT2D eigenvalue weighted by Gasteiger charge is -2.37. The van der Waals surface area contributed by atoms with Crippen LogP contribution in [0.15, 0.2) is 18.2 Å². The lowest BCUT2D eigenvalue weighted by Crippen LogP contribution is -2.39. The summed E-state index contributed by atoms with van der Waals surface area (Å²) in [6.07, 6.45) is 1.39. The van der Waals surface area contributed by atoms with Crippen LogP contribution < -0.4 is 0 Å². The van der Waals surface area contributed by atoms with E-state index in [4.69, 9.17) is 4.74 Å². The van der Waals surface area contributed by atoms with Gasteiger partial charge >= 0.3 is 0 Å². The molecule has 1 heterocycles. The molecular weight excluding hydrogens is 226 g/mol. The Bertz CT molecular complexity index is 408. The Hall–Kier alpha value is -1.00. The van der Waals surface area contributed by atoms with Crippen LogP contribution in [0.2, 0.25) is 0 Å². The first-order chi connectivity index (χ1) is 8.05. The zero-order valence-corrected chi connectivity index (χ0v) is 9.75. The van der Waals surface area contributed by atoms with Gasteiger partial charge in [-0.25, -0.2) is 8.78 Å². The smallest absolute Gasteiger partial charge is 0.132 e. The summed E-state index contributed by atoms with van der Waals surface area (Å²) in [7, 11) is 0. The van der Waals surface area contributed by atoms with Gasteiger partial charge in [0.2, 0.25) is 0 Å². The second-order valence-electron chi connectivity index (χ2n) is 4.51. The summed E-state index contributed by atoms with van der Waals surface area (Å²) in [5, 5.41) is 10.5. The molecule has 0 saturated carbocycles. The summed E-state index contributed by atoms with van der Waals surface area (Å²) in [4.78, 5) is 0. The third-order valence-corrected chi connectivity index (χ3v) is 3.32. The van der Waals surface area contributed by atoms with E-state index in [0.717, 1.165) is 12.5 Å². The Morgan fingerprint density at radius 3 is 2.88 bits per heavy atom. The Labute approximate surface area is 99.2 Å². The highest BCUT2D eigenvalue weighted by Crippen LogP contribution is 2.36. The molecule has 0 bridgehead atoms. The van der Waals surface area contributed by atoms with Crippen molar-refractivity contribution in [2.24, 2.45) is 0 Å². The summed E-state index contributed by atoms with van der Waals surface area (Å²) in [5.74, 6) is -1.32. The molecule has 2 nitrogen and oxygen atoms in total. The van der Waals surface area contributed by atoms with E-state index in [0.29, 0.717) is 19.4 Å². The molecule has 2 rings (SSSR count). The first-order valence-corrected chi connectivity index (χ1v) is 5.84. The predicted molar refractivity (Wildman–Crippen MR) is 59.5 cm³/mol. The Balaban J connectivity index is 2.30. The van der Waals surface area contributed by atoms with E-state index >= 15 is 0 Å². The summed E-state index contributed by atoms with van der Waals surface area (Å²) < 4.78 is 32.0. The van der Waals surface area contributed by atoms with Crippen LogP contribution in [0.4, 0.5) is 8.78 Å². The van der Waals surface area contributed by atoms with E-state index in [9.17, 15) is 13.9 Å². The molecule has 1 aromatic rings. The van der Waals surface area contributed by atoms with Crippen molar-refractivity contribution in [3.05, 3.63) is 35.4 Å². The lowest BCUT2D eigenvalue weighted by molar-refractivity contribution is -0.110. The van der Waals surface area contributed by atoms with Crippen molar-refractivity contribution in [1.82, 2.24) is 0 Å². The van der Waals surface area contributed by atoms with Crippen LogP contribution in [-0.2, 0) is 10.3 Å². The van der Waals surface area contributed by atoms with Gasteiger partial charge in [0, 0.05) is 24.5 Å². The average molecular weight is 242 g/mol. The second-order valence-corrected chi connectivity index (χ2v) is 4.51. The van der Waals surface area contributed by atoms with Crippen LogP contribution in [0.25, 0.3) is 0 Å². The number of aliphatic hydroxyl groups is 1. The van der Waals surface area contributed by atoms with E-state index in [1.54, 1.807) is 0 Å². The van der Waals surface area contributed by atoms with Crippen LogP contribution in [0.5, 0.6) is 0 Å². The fraction of sp³-hybridized carbons (Fsp3) is 0.538. The van der Waals surface area contributed by atoms with Gasteiger partial charge in [-0.15, -0.1) is 0 Å². The second kappa shape index (κ2) is 4.70. The SMILES string of the molecule is CCC1CC(O)(c2ccc(F)cc2F)CCO1. The molecule has 1 aliphatic rings. The highest BCUT2D eigenvalue weighted by molar-refractivity contribution is 5.25.